The largest absolute Gasteiger partial charge is 0.495 e. The summed E-state index contributed by atoms with van der Waals surface area (Å²) in [6.07, 6.45) is 1.55. The number of hydrogen-bond donors (Lipinski definition) is 1. The molecule has 0 unspecified atom stereocenters. The lowest BCUT2D eigenvalue weighted by atomic mass is 9.81. The van der Waals surface area contributed by atoms with Gasteiger partial charge in [-0.2, -0.15) is 0 Å². The molecule has 0 aromatic heterocycles. The molecule has 5 nitrogen and oxygen atoms in total. The maximum Gasteiger partial charge on any atom is 0.240 e. The first-order valence-corrected chi connectivity index (χ1v) is 7.28. The van der Waals surface area contributed by atoms with Gasteiger partial charge in [0.2, 0.25) is 11.8 Å². The average molecular weight is 290 g/mol. The first-order valence-electron chi connectivity index (χ1n) is 7.28. The molecule has 0 aliphatic carbocycles. The maximum atomic E-state index is 12.8. The molecule has 0 saturated carbocycles. The lowest BCUT2D eigenvalue weighted by Gasteiger charge is -2.25. The number of carbonyl (C=O) groups is 2. The fourth-order valence-electron chi connectivity index (χ4n) is 2.97. The molecule has 5 heteroatoms. The van der Waals surface area contributed by atoms with Crippen molar-refractivity contribution in [3.8, 4) is 5.75 Å². The maximum absolute atomic E-state index is 12.8. The highest BCUT2D eigenvalue weighted by atomic mass is 16.5. The van der Waals surface area contributed by atoms with Gasteiger partial charge in [-0.3, -0.25) is 9.59 Å². The molecule has 0 atom stereocenters. The molecule has 2 rings (SSSR count). The lowest BCUT2D eigenvalue weighted by Crippen LogP contribution is -2.36. The number of imide groups is 1. The molecule has 1 heterocycles. The molecule has 1 aromatic rings. The van der Waals surface area contributed by atoms with E-state index in [0.717, 1.165) is 5.56 Å². The number of ether oxygens (including phenoxy) is 1. The van der Waals surface area contributed by atoms with E-state index in [1.54, 1.807) is 6.07 Å². The van der Waals surface area contributed by atoms with Gasteiger partial charge in [-0.1, -0.05) is 26.0 Å². The SMILES string of the molecule is CCC1(CC)CC(=O)N(c2c(CN)cccc2OC)C1=O. The normalized spacial score (nSPS) is 17.4. The zero-order valence-corrected chi connectivity index (χ0v) is 12.8. The highest BCUT2D eigenvalue weighted by molar-refractivity contribution is 6.23. The van der Waals surface area contributed by atoms with Crippen molar-refractivity contribution in [1.29, 1.82) is 0 Å². The molecule has 1 aromatic carbocycles. The van der Waals surface area contributed by atoms with Crippen LogP contribution in [0.1, 0.15) is 38.7 Å². The van der Waals surface area contributed by atoms with Crippen molar-refractivity contribution in [3.63, 3.8) is 0 Å². The number of benzene rings is 1. The quantitative estimate of drug-likeness (QED) is 0.844. The standard InChI is InChI=1S/C16H22N2O3/c1-4-16(5-2)9-13(19)18(15(16)20)14-11(10-17)7-6-8-12(14)21-3/h6-8H,4-5,9-10,17H2,1-3H3. The Bertz CT molecular complexity index is 542. The molecule has 2 amide bonds. The second-order valence-electron chi connectivity index (χ2n) is 5.37. The van der Waals surface area contributed by atoms with Gasteiger partial charge in [-0.05, 0) is 24.5 Å². The van der Waals surface area contributed by atoms with E-state index < -0.39 is 5.41 Å². The van der Waals surface area contributed by atoms with Gasteiger partial charge in [0.15, 0.2) is 0 Å². The van der Waals surface area contributed by atoms with Crippen LogP contribution in [0.3, 0.4) is 0 Å². The Morgan fingerprint density at radius 2 is 1.95 bits per heavy atom. The van der Waals surface area contributed by atoms with Crippen molar-refractivity contribution < 1.29 is 14.3 Å². The summed E-state index contributed by atoms with van der Waals surface area (Å²) in [6.45, 7) is 4.14. The van der Waals surface area contributed by atoms with Crippen LogP contribution in [0.2, 0.25) is 0 Å². The molecule has 114 valence electrons. The minimum atomic E-state index is -0.593. The summed E-state index contributed by atoms with van der Waals surface area (Å²) >= 11 is 0. The topological polar surface area (TPSA) is 72.6 Å². The van der Waals surface area contributed by atoms with Crippen molar-refractivity contribution in [3.05, 3.63) is 23.8 Å². The number of nitrogens with zero attached hydrogens (tertiary/aromatic N) is 1. The number of anilines is 1. The summed E-state index contributed by atoms with van der Waals surface area (Å²) in [5, 5.41) is 0. The zero-order valence-electron chi connectivity index (χ0n) is 12.8. The van der Waals surface area contributed by atoms with Crippen molar-refractivity contribution in [1.82, 2.24) is 0 Å². The number of para-hydroxylation sites is 1. The van der Waals surface area contributed by atoms with E-state index in [4.69, 9.17) is 10.5 Å². The average Bonchev–Trinajstić information content (AvgIpc) is 2.77. The molecule has 1 fully saturated rings. The fraction of sp³-hybridized carbons (Fsp3) is 0.500. The highest BCUT2D eigenvalue weighted by Crippen LogP contribution is 2.44. The van der Waals surface area contributed by atoms with Crippen LogP contribution in [0, 0.1) is 5.41 Å². The van der Waals surface area contributed by atoms with Crippen LogP contribution in [0.15, 0.2) is 18.2 Å². The van der Waals surface area contributed by atoms with E-state index in [0.29, 0.717) is 24.3 Å². The predicted molar refractivity (Wildman–Crippen MR) is 81.0 cm³/mol. The van der Waals surface area contributed by atoms with Gasteiger partial charge < -0.3 is 10.5 Å². The van der Waals surface area contributed by atoms with Crippen LogP contribution >= 0.6 is 0 Å². The van der Waals surface area contributed by atoms with Crippen LogP contribution in [0.25, 0.3) is 0 Å². The Morgan fingerprint density at radius 1 is 1.29 bits per heavy atom. The van der Waals surface area contributed by atoms with E-state index in [9.17, 15) is 9.59 Å². The highest BCUT2D eigenvalue weighted by Gasteiger charge is 2.50. The Hall–Kier alpha value is -1.88. The number of rotatable bonds is 5. The van der Waals surface area contributed by atoms with Crippen LogP contribution in [-0.2, 0) is 16.1 Å². The summed E-state index contributed by atoms with van der Waals surface area (Å²) in [6, 6.07) is 5.37. The van der Waals surface area contributed by atoms with Gasteiger partial charge >= 0.3 is 0 Å². The monoisotopic (exact) mass is 290 g/mol. The van der Waals surface area contributed by atoms with E-state index in [1.165, 1.54) is 12.0 Å². The fourth-order valence-corrected chi connectivity index (χ4v) is 2.97. The molecule has 0 bridgehead atoms. The van der Waals surface area contributed by atoms with Crippen molar-refractivity contribution in [2.24, 2.45) is 11.1 Å². The Morgan fingerprint density at radius 3 is 2.43 bits per heavy atom. The third-order valence-corrected chi connectivity index (χ3v) is 4.50. The summed E-state index contributed by atoms with van der Waals surface area (Å²) in [7, 11) is 1.52. The van der Waals surface area contributed by atoms with Gasteiger partial charge in [0, 0.05) is 13.0 Å². The first kappa shape index (κ1) is 15.5. The van der Waals surface area contributed by atoms with Crippen LogP contribution in [0.5, 0.6) is 5.75 Å². The van der Waals surface area contributed by atoms with E-state index in [2.05, 4.69) is 0 Å². The molecule has 1 aliphatic heterocycles. The minimum absolute atomic E-state index is 0.142. The summed E-state index contributed by atoms with van der Waals surface area (Å²) < 4.78 is 5.33. The molecule has 1 aliphatic rings. The third-order valence-electron chi connectivity index (χ3n) is 4.50. The van der Waals surface area contributed by atoms with Crippen LogP contribution in [-0.4, -0.2) is 18.9 Å². The van der Waals surface area contributed by atoms with E-state index >= 15 is 0 Å². The van der Waals surface area contributed by atoms with Gasteiger partial charge in [0.05, 0.1) is 18.2 Å². The van der Waals surface area contributed by atoms with E-state index in [-0.39, 0.29) is 24.8 Å². The van der Waals surface area contributed by atoms with Gasteiger partial charge in [0.1, 0.15) is 5.75 Å². The Labute approximate surface area is 125 Å². The number of amides is 2. The summed E-state index contributed by atoms with van der Waals surface area (Å²) in [5.74, 6) is 0.183. The van der Waals surface area contributed by atoms with Crippen LogP contribution < -0.4 is 15.4 Å². The molecular formula is C16H22N2O3. The molecule has 0 spiro atoms. The van der Waals surface area contributed by atoms with Gasteiger partial charge in [-0.15, -0.1) is 0 Å². The molecule has 0 radical (unpaired) electrons. The second kappa shape index (κ2) is 5.85. The number of hydrogen-bond acceptors (Lipinski definition) is 4. The molecule has 2 N–H and O–H groups in total. The number of methoxy groups -OCH3 is 1. The zero-order chi connectivity index (χ0) is 15.6. The lowest BCUT2D eigenvalue weighted by molar-refractivity contribution is -0.126. The number of nitrogens with two attached hydrogens (primary N) is 1. The molecular weight excluding hydrogens is 268 g/mol. The van der Waals surface area contributed by atoms with E-state index in [1.807, 2.05) is 26.0 Å². The first-order chi connectivity index (χ1) is 10.0. The minimum Gasteiger partial charge on any atom is -0.495 e. The van der Waals surface area contributed by atoms with Crippen LogP contribution in [0.4, 0.5) is 5.69 Å². The van der Waals surface area contributed by atoms with Crippen molar-refractivity contribution in [2.45, 2.75) is 39.7 Å². The molecule has 1 saturated heterocycles. The van der Waals surface area contributed by atoms with Crippen molar-refractivity contribution >= 4 is 17.5 Å². The molecule has 21 heavy (non-hydrogen) atoms. The summed E-state index contributed by atoms with van der Waals surface area (Å²) in [4.78, 5) is 26.6. The smallest absolute Gasteiger partial charge is 0.240 e. The van der Waals surface area contributed by atoms with Gasteiger partial charge in [0.25, 0.3) is 0 Å². The predicted octanol–water partition coefficient (Wildman–Crippen LogP) is 2.22. The Kier molecular flexibility index (Phi) is 4.32. The van der Waals surface area contributed by atoms with Crippen molar-refractivity contribution in [2.75, 3.05) is 12.0 Å². The summed E-state index contributed by atoms with van der Waals surface area (Å²) in [5.41, 5.74) is 6.40. The Balaban J connectivity index is 2.57. The third kappa shape index (κ3) is 2.31. The van der Waals surface area contributed by atoms with Gasteiger partial charge in [-0.25, -0.2) is 4.90 Å². The second-order valence-corrected chi connectivity index (χ2v) is 5.37. The number of carbonyl (C=O) groups excluding carboxylic acids is 2.